The zero-order chi connectivity index (χ0) is 18.4. The SMILES string of the molecule is COc1cc(Cl)c(C)cc1NC(=O)NCCOc1ccc(Cl)cc1C. The maximum absolute atomic E-state index is 12.0. The van der Waals surface area contributed by atoms with Gasteiger partial charge >= 0.3 is 6.03 Å². The van der Waals surface area contributed by atoms with E-state index in [1.54, 1.807) is 24.3 Å². The van der Waals surface area contributed by atoms with Crippen LogP contribution in [0.4, 0.5) is 10.5 Å². The molecule has 5 nitrogen and oxygen atoms in total. The van der Waals surface area contributed by atoms with Crippen molar-refractivity contribution in [1.82, 2.24) is 5.32 Å². The van der Waals surface area contributed by atoms with Crippen LogP contribution in [0.15, 0.2) is 30.3 Å². The van der Waals surface area contributed by atoms with Crippen LogP contribution in [-0.2, 0) is 0 Å². The van der Waals surface area contributed by atoms with Gasteiger partial charge in [-0.05, 0) is 49.2 Å². The Bertz CT molecular complexity index is 766. The zero-order valence-electron chi connectivity index (χ0n) is 14.3. The molecule has 25 heavy (non-hydrogen) atoms. The first-order chi connectivity index (χ1) is 11.9. The number of amides is 2. The van der Waals surface area contributed by atoms with Crippen molar-refractivity contribution in [3.05, 3.63) is 51.5 Å². The maximum Gasteiger partial charge on any atom is 0.319 e. The number of ether oxygens (including phenoxy) is 2. The molecule has 134 valence electrons. The average Bonchev–Trinajstić information content (AvgIpc) is 2.56. The van der Waals surface area contributed by atoms with Crippen LogP contribution in [0.3, 0.4) is 0 Å². The summed E-state index contributed by atoms with van der Waals surface area (Å²) in [5.41, 5.74) is 2.34. The number of nitrogens with one attached hydrogen (secondary N) is 2. The van der Waals surface area contributed by atoms with Gasteiger partial charge in [0.25, 0.3) is 0 Å². The van der Waals surface area contributed by atoms with E-state index in [2.05, 4.69) is 10.6 Å². The monoisotopic (exact) mass is 382 g/mol. The average molecular weight is 383 g/mol. The van der Waals surface area contributed by atoms with Gasteiger partial charge in [0.05, 0.1) is 19.3 Å². The summed E-state index contributed by atoms with van der Waals surface area (Å²) in [6.45, 7) is 4.46. The van der Waals surface area contributed by atoms with Gasteiger partial charge in [-0.1, -0.05) is 23.2 Å². The predicted octanol–water partition coefficient (Wildman–Crippen LogP) is 4.82. The first-order valence-electron chi connectivity index (χ1n) is 7.68. The number of benzene rings is 2. The van der Waals surface area contributed by atoms with Crippen LogP contribution >= 0.6 is 23.2 Å². The van der Waals surface area contributed by atoms with E-state index in [4.69, 9.17) is 32.7 Å². The molecule has 2 aromatic rings. The van der Waals surface area contributed by atoms with Crippen LogP contribution in [-0.4, -0.2) is 26.3 Å². The normalized spacial score (nSPS) is 10.3. The van der Waals surface area contributed by atoms with Crippen molar-refractivity contribution >= 4 is 34.9 Å². The fourth-order valence-electron chi connectivity index (χ4n) is 2.20. The van der Waals surface area contributed by atoms with Crippen molar-refractivity contribution in [2.45, 2.75) is 13.8 Å². The molecule has 0 heterocycles. The Hall–Kier alpha value is -2.11. The molecular weight excluding hydrogens is 363 g/mol. The van der Waals surface area contributed by atoms with Crippen LogP contribution in [0.5, 0.6) is 11.5 Å². The number of halogens is 2. The summed E-state index contributed by atoms with van der Waals surface area (Å²) in [6, 6.07) is 8.47. The van der Waals surface area contributed by atoms with Gasteiger partial charge in [0.15, 0.2) is 0 Å². The Morgan fingerprint density at radius 3 is 2.52 bits per heavy atom. The molecule has 0 saturated carbocycles. The number of hydrogen-bond acceptors (Lipinski definition) is 3. The fourth-order valence-corrected chi connectivity index (χ4v) is 2.58. The van der Waals surface area contributed by atoms with Crippen molar-refractivity contribution in [3.8, 4) is 11.5 Å². The lowest BCUT2D eigenvalue weighted by atomic mass is 10.2. The molecule has 2 aromatic carbocycles. The van der Waals surface area contributed by atoms with E-state index < -0.39 is 0 Å². The van der Waals surface area contributed by atoms with E-state index in [0.717, 1.165) is 16.9 Å². The van der Waals surface area contributed by atoms with E-state index in [1.807, 2.05) is 19.9 Å². The standard InChI is InChI=1S/C18H20Cl2N2O3/c1-11-9-15(17(24-3)10-14(11)20)22-18(23)21-6-7-25-16-5-4-13(19)8-12(16)2/h4-5,8-10H,6-7H2,1-3H3,(H2,21,22,23). The highest BCUT2D eigenvalue weighted by molar-refractivity contribution is 6.31. The van der Waals surface area contributed by atoms with Gasteiger partial charge in [0.1, 0.15) is 18.1 Å². The van der Waals surface area contributed by atoms with Crippen LogP contribution in [0.2, 0.25) is 10.0 Å². The van der Waals surface area contributed by atoms with Gasteiger partial charge < -0.3 is 20.1 Å². The molecule has 7 heteroatoms. The van der Waals surface area contributed by atoms with Gasteiger partial charge in [0, 0.05) is 16.1 Å². The van der Waals surface area contributed by atoms with Crippen molar-refractivity contribution in [1.29, 1.82) is 0 Å². The highest BCUT2D eigenvalue weighted by Crippen LogP contribution is 2.30. The molecule has 0 fully saturated rings. The number of carbonyl (C=O) groups is 1. The number of rotatable bonds is 6. The summed E-state index contributed by atoms with van der Waals surface area (Å²) in [7, 11) is 1.52. The molecule has 2 rings (SSSR count). The van der Waals surface area contributed by atoms with Gasteiger partial charge in [-0.3, -0.25) is 0 Å². The minimum absolute atomic E-state index is 0.340. The predicted molar refractivity (Wildman–Crippen MR) is 101 cm³/mol. The summed E-state index contributed by atoms with van der Waals surface area (Å²) in [6.07, 6.45) is 0. The second kappa shape index (κ2) is 8.83. The van der Waals surface area contributed by atoms with Crippen LogP contribution in [0.1, 0.15) is 11.1 Å². The third-order valence-corrected chi connectivity index (χ3v) is 4.15. The Balaban J connectivity index is 1.84. The lowest BCUT2D eigenvalue weighted by molar-refractivity contribution is 0.247. The minimum atomic E-state index is -0.351. The van der Waals surface area contributed by atoms with Gasteiger partial charge in [-0.15, -0.1) is 0 Å². The third-order valence-electron chi connectivity index (χ3n) is 3.51. The lowest BCUT2D eigenvalue weighted by Gasteiger charge is -2.13. The topological polar surface area (TPSA) is 59.6 Å². The number of anilines is 1. The molecule has 2 N–H and O–H groups in total. The molecule has 0 atom stereocenters. The summed E-state index contributed by atoms with van der Waals surface area (Å²) in [4.78, 5) is 12.0. The Labute approximate surface area is 157 Å². The number of hydrogen-bond donors (Lipinski definition) is 2. The smallest absolute Gasteiger partial charge is 0.319 e. The Morgan fingerprint density at radius 1 is 1.08 bits per heavy atom. The molecule has 2 amide bonds. The number of urea groups is 1. The van der Waals surface area contributed by atoms with Crippen LogP contribution < -0.4 is 20.1 Å². The highest BCUT2D eigenvalue weighted by atomic mass is 35.5. The largest absolute Gasteiger partial charge is 0.495 e. The molecule has 0 aliphatic carbocycles. The summed E-state index contributed by atoms with van der Waals surface area (Å²) in [5.74, 6) is 1.24. The molecule has 0 unspecified atom stereocenters. The zero-order valence-corrected chi connectivity index (χ0v) is 15.8. The highest BCUT2D eigenvalue weighted by Gasteiger charge is 2.10. The lowest BCUT2D eigenvalue weighted by Crippen LogP contribution is -2.32. The summed E-state index contributed by atoms with van der Waals surface area (Å²) < 4.78 is 10.9. The number of methoxy groups -OCH3 is 1. The molecule has 0 saturated heterocycles. The van der Waals surface area contributed by atoms with Crippen LogP contribution in [0.25, 0.3) is 0 Å². The second-order valence-electron chi connectivity index (χ2n) is 5.44. The second-order valence-corrected chi connectivity index (χ2v) is 6.28. The molecule has 0 radical (unpaired) electrons. The molecular formula is C18H20Cl2N2O3. The number of carbonyl (C=O) groups excluding carboxylic acids is 1. The first-order valence-corrected chi connectivity index (χ1v) is 8.44. The van der Waals surface area contributed by atoms with Gasteiger partial charge in [-0.2, -0.15) is 0 Å². The minimum Gasteiger partial charge on any atom is -0.495 e. The third kappa shape index (κ3) is 5.44. The van der Waals surface area contributed by atoms with E-state index in [1.165, 1.54) is 7.11 Å². The Kier molecular flexibility index (Phi) is 6.79. The van der Waals surface area contributed by atoms with Gasteiger partial charge in [-0.25, -0.2) is 4.79 Å². The van der Waals surface area contributed by atoms with Crippen molar-refractivity contribution in [3.63, 3.8) is 0 Å². The molecule has 0 aromatic heterocycles. The molecule has 0 aliphatic rings. The van der Waals surface area contributed by atoms with E-state index in [9.17, 15) is 4.79 Å². The Morgan fingerprint density at radius 2 is 1.84 bits per heavy atom. The molecule has 0 spiro atoms. The number of aryl methyl sites for hydroxylation is 2. The van der Waals surface area contributed by atoms with Crippen molar-refractivity contribution in [2.75, 3.05) is 25.6 Å². The summed E-state index contributed by atoms with van der Waals surface area (Å²) >= 11 is 12.0. The quantitative estimate of drug-likeness (QED) is 0.704. The van der Waals surface area contributed by atoms with Crippen LogP contribution in [0, 0.1) is 13.8 Å². The van der Waals surface area contributed by atoms with Gasteiger partial charge in [0.2, 0.25) is 0 Å². The molecule has 0 bridgehead atoms. The van der Waals surface area contributed by atoms with Crippen molar-refractivity contribution < 1.29 is 14.3 Å². The van der Waals surface area contributed by atoms with E-state index in [-0.39, 0.29) is 6.03 Å². The van der Waals surface area contributed by atoms with Crippen molar-refractivity contribution in [2.24, 2.45) is 0 Å². The van der Waals surface area contributed by atoms with E-state index in [0.29, 0.717) is 34.6 Å². The summed E-state index contributed by atoms with van der Waals surface area (Å²) in [5, 5.41) is 6.71. The van der Waals surface area contributed by atoms with E-state index >= 15 is 0 Å². The fraction of sp³-hybridized carbons (Fsp3) is 0.278. The molecule has 0 aliphatic heterocycles. The first kappa shape index (κ1) is 19.2. The maximum atomic E-state index is 12.0.